The lowest BCUT2D eigenvalue weighted by molar-refractivity contribution is -0.138. The van der Waals surface area contributed by atoms with Gasteiger partial charge in [0, 0.05) is 37.2 Å². The summed E-state index contributed by atoms with van der Waals surface area (Å²) < 4.78 is 50.0. The fourth-order valence-corrected chi connectivity index (χ4v) is 5.44. The molecule has 6 nitrogen and oxygen atoms in total. The molecule has 0 aliphatic carbocycles. The molecule has 2 aromatic rings. The van der Waals surface area contributed by atoms with Crippen LogP contribution in [-0.2, 0) is 11.0 Å². The second-order valence-corrected chi connectivity index (χ2v) is 11.1. The number of nitrogens with two attached hydrogens (primary N) is 1. The minimum atomic E-state index is -4.75. The number of halogens is 3. The summed E-state index contributed by atoms with van der Waals surface area (Å²) in [6, 6.07) is 11.1. The third-order valence-electron chi connectivity index (χ3n) is 6.98. The number of benzene rings is 2. The number of rotatable bonds is 9. The Kier molecular flexibility index (Phi) is 9.88. The SMILES string of the molecule is C=C(S/C=C(\C)C(=O)Nc1ccc(Oc2ccccc2)c(C(F)(F)F)c1N1CCC[C@H](CN)C1)C1=CCN(C)C=C1. The first-order valence-corrected chi connectivity index (χ1v) is 14.3. The second kappa shape index (κ2) is 13.4. The van der Waals surface area contributed by atoms with Crippen LogP contribution in [0.4, 0.5) is 24.5 Å². The molecule has 0 saturated carbocycles. The maximum absolute atomic E-state index is 14.7. The Morgan fingerprint density at radius 3 is 2.66 bits per heavy atom. The first-order valence-electron chi connectivity index (χ1n) is 13.4. The number of hydrogen-bond donors (Lipinski definition) is 2. The number of nitrogens with one attached hydrogen (secondary N) is 1. The molecule has 1 fully saturated rings. The smallest absolute Gasteiger partial charge is 0.422 e. The lowest BCUT2D eigenvalue weighted by atomic mass is 9.96. The van der Waals surface area contributed by atoms with E-state index in [1.807, 2.05) is 30.3 Å². The van der Waals surface area contributed by atoms with Crippen LogP contribution in [0.1, 0.15) is 25.3 Å². The van der Waals surface area contributed by atoms with E-state index in [0.29, 0.717) is 31.6 Å². The van der Waals surface area contributed by atoms with E-state index < -0.39 is 17.6 Å². The van der Waals surface area contributed by atoms with Crippen LogP contribution < -0.4 is 20.7 Å². The first kappa shape index (κ1) is 30.3. The van der Waals surface area contributed by atoms with Gasteiger partial charge in [0.2, 0.25) is 0 Å². The Labute approximate surface area is 243 Å². The van der Waals surface area contributed by atoms with Crippen LogP contribution >= 0.6 is 11.8 Å². The Bertz CT molecular complexity index is 1360. The number of allylic oxidation sites excluding steroid dienone is 2. The summed E-state index contributed by atoms with van der Waals surface area (Å²) in [5, 5.41) is 4.40. The van der Waals surface area contributed by atoms with Gasteiger partial charge in [-0.25, -0.2) is 0 Å². The van der Waals surface area contributed by atoms with Crippen molar-refractivity contribution in [3.8, 4) is 11.5 Å². The highest BCUT2D eigenvalue weighted by molar-refractivity contribution is 8.06. The van der Waals surface area contributed by atoms with Crippen molar-refractivity contribution < 1.29 is 22.7 Å². The van der Waals surface area contributed by atoms with Crippen LogP contribution in [0.25, 0.3) is 0 Å². The zero-order valence-corrected chi connectivity index (χ0v) is 24.0. The molecule has 4 rings (SSSR count). The average Bonchev–Trinajstić information content (AvgIpc) is 2.96. The quantitative estimate of drug-likeness (QED) is 0.305. The number of alkyl halides is 3. The summed E-state index contributed by atoms with van der Waals surface area (Å²) in [6.45, 7) is 7.58. The number of amides is 1. The van der Waals surface area contributed by atoms with Gasteiger partial charge in [-0.1, -0.05) is 42.6 Å². The van der Waals surface area contributed by atoms with E-state index in [2.05, 4.69) is 11.9 Å². The number of carbonyl (C=O) groups excluding carboxylic acids is 1. The van der Waals surface area contributed by atoms with Crippen molar-refractivity contribution in [2.24, 2.45) is 11.7 Å². The molecule has 2 aromatic carbocycles. The van der Waals surface area contributed by atoms with Crippen molar-refractivity contribution in [2.75, 3.05) is 43.4 Å². The van der Waals surface area contributed by atoms with Gasteiger partial charge in [-0.05, 0) is 79.8 Å². The molecule has 0 radical (unpaired) electrons. The maximum atomic E-state index is 14.7. The largest absolute Gasteiger partial charge is 0.457 e. The van der Waals surface area contributed by atoms with Crippen molar-refractivity contribution in [2.45, 2.75) is 25.9 Å². The fraction of sp³-hybridized carbons (Fsp3) is 0.323. The van der Waals surface area contributed by atoms with E-state index in [-0.39, 0.29) is 28.8 Å². The molecule has 3 N–H and O–H groups in total. The van der Waals surface area contributed by atoms with Crippen LogP contribution in [0.15, 0.2) is 88.9 Å². The Balaban J connectivity index is 1.66. The number of carbonyl (C=O) groups is 1. The van der Waals surface area contributed by atoms with E-state index in [4.69, 9.17) is 10.5 Å². The summed E-state index contributed by atoms with van der Waals surface area (Å²) in [5.74, 6) is -0.509. The zero-order valence-electron chi connectivity index (χ0n) is 23.2. The lowest BCUT2D eigenvalue weighted by Crippen LogP contribution is -2.40. The number of ether oxygens (including phenoxy) is 1. The molecule has 2 heterocycles. The number of nitrogens with zero attached hydrogens (tertiary/aromatic N) is 2. The van der Waals surface area contributed by atoms with Crippen molar-refractivity contribution >= 4 is 29.0 Å². The van der Waals surface area contributed by atoms with Gasteiger partial charge in [0.05, 0.1) is 11.4 Å². The molecule has 0 bridgehead atoms. The van der Waals surface area contributed by atoms with E-state index in [1.165, 1.54) is 23.9 Å². The number of anilines is 2. The highest BCUT2D eigenvalue weighted by Crippen LogP contribution is 2.48. The van der Waals surface area contributed by atoms with Crippen molar-refractivity contribution in [3.63, 3.8) is 0 Å². The molecule has 2 aliphatic heterocycles. The summed E-state index contributed by atoms with van der Waals surface area (Å²) in [4.78, 5) is 17.7. The van der Waals surface area contributed by atoms with Gasteiger partial charge in [0.15, 0.2) is 0 Å². The highest BCUT2D eigenvalue weighted by Gasteiger charge is 2.41. The number of likely N-dealkylation sites (N-methyl/N-ethyl adjacent to an activating group) is 1. The number of thioether (sulfide) groups is 1. The average molecular weight is 585 g/mol. The molecule has 0 unspecified atom stereocenters. The standard InChI is InChI=1S/C31H35F3N4O2S/c1-21(20-41-22(2)24-13-16-37(3)17-14-24)30(39)36-26-11-12-27(40-25-9-5-4-6-10-25)28(31(32,33)34)29(26)38-15-7-8-23(18-35)19-38/h4-6,9-14,16,20,23H,2,7-8,15,17-19,35H2,1,3H3,(H,36,39)/b21-20+/t23-/m1/s1. The van der Waals surface area contributed by atoms with Crippen LogP contribution in [0, 0.1) is 5.92 Å². The molecular formula is C31H35F3N4O2S. The third-order valence-corrected chi connectivity index (χ3v) is 7.97. The van der Waals surface area contributed by atoms with E-state index in [9.17, 15) is 18.0 Å². The molecule has 1 atom stereocenters. The van der Waals surface area contributed by atoms with Crippen LogP contribution in [-0.4, -0.2) is 44.0 Å². The lowest BCUT2D eigenvalue weighted by Gasteiger charge is -2.37. The van der Waals surface area contributed by atoms with E-state index >= 15 is 0 Å². The van der Waals surface area contributed by atoms with Crippen molar-refractivity contribution in [3.05, 3.63) is 94.4 Å². The number of para-hydroxylation sites is 1. The van der Waals surface area contributed by atoms with E-state index in [0.717, 1.165) is 23.4 Å². The topological polar surface area (TPSA) is 70.8 Å². The van der Waals surface area contributed by atoms with Gasteiger partial charge in [-0.2, -0.15) is 13.2 Å². The summed E-state index contributed by atoms with van der Waals surface area (Å²) in [6.07, 6.45) is 2.71. The molecular weight excluding hydrogens is 549 g/mol. The van der Waals surface area contributed by atoms with Crippen LogP contribution in [0.2, 0.25) is 0 Å². The fourth-order valence-electron chi connectivity index (χ4n) is 4.72. The summed E-state index contributed by atoms with van der Waals surface area (Å²) in [5.41, 5.74) is 6.24. The molecule has 41 heavy (non-hydrogen) atoms. The van der Waals surface area contributed by atoms with Gasteiger partial charge < -0.3 is 25.6 Å². The highest BCUT2D eigenvalue weighted by atomic mass is 32.2. The Morgan fingerprint density at radius 1 is 1.24 bits per heavy atom. The predicted octanol–water partition coefficient (Wildman–Crippen LogP) is 7.15. The normalized spacial score (nSPS) is 17.8. The molecule has 0 spiro atoms. The van der Waals surface area contributed by atoms with Gasteiger partial charge in [-0.3, -0.25) is 4.79 Å². The Hall–Kier alpha value is -3.63. The van der Waals surface area contributed by atoms with Crippen molar-refractivity contribution in [1.29, 1.82) is 0 Å². The molecule has 1 saturated heterocycles. The van der Waals surface area contributed by atoms with Crippen LogP contribution in [0.3, 0.4) is 0 Å². The summed E-state index contributed by atoms with van der Waals surface area (Å²) >= 11 is 1.30. The predicted molar refractivity (Wildman–Crippen MR) is 161 cm³/mol. The maximum Gasteiger partial charge on any atom is 0.422 e. The third kappa shape index (κ3) is 7.77. The summed E-state index contributed by atoms with van der Waals surface area (Å²) in [7, 11) is 1.97. The molecule has 218 valence electrons. The molecule has 0 aromatic heterocycles. The van der Waals surface area contributed by atoms with E-state index in [1.54, 1.807) is 47.6 Å². The van der Waals surface area contributed by atoms with Crippen LogP contribution in [0.5, 0.6) is 11.5 Å². The zero-order chi connectivity index (χ0) is 29.6. The minimum Gasteiger partial charge on any atom is -0.457 e. The van der Waals surface area contributed by atoms with Gasteiger partial charge >= 0.3 is 6.18 Å². The van der Waals surface area contributed by atoms with Crippen molar-refractivity contribution in [1.82, 2.24) is 4.90 Å². The number of hydrogen-bond acceptors (Lipinski definition) is 6. The van der Waals surface area contributed by atoms with Gasteiger partial charge in [0.1, 0.15) is 17.1 Å². The Morgan fingerprint density at radius 2 is 2.00 bits per heavy atom. The second-order valence-electron chi connectivity index (χ2n) is 10.1. The molecule has 2 aliphatic rings. The molecule has 10 heteroatoms. The molecule has 1 amide bonds. The van der Waals surface area contributed by atoms with Gasteiger partial charge in [-0.15, -0.1) is 0 Å². The number of piperidine rings is 1. The first-order chi connectivity index (χ1) is 19.6. The van der Waals surface area contributed by atoms with Gasteiger partial charge in [0.25, 0.3) is 5.91 Å². The monoisotopic (exact) mass is 584 g/mol. The minimum absolute atomic E-state index is 0.0408.